The number of amides is 2. The number of aromatic hydroxyl groups is 1. The number of carbonyl (C=O) groups is 1. The number of hydrogen-bond donors (Lipinski definition) is 2. The highest BCUT2D eigenvalue weighted by atomic mass is 16.3. The number of carbonyl (C=O) groups excluding carboxylic acids is 1. The lowest BCUT2D eigenvalue weighted by Gasteiger charge is -2.37. The quantitative estimate of drug-likeness (QED) is 0.892. The maximum Gasteiger partial charge on any atom is 0.317 e. The SMILES string of the molecule is O=C(NCc1cccc(O)c1)N1CCN(CC2CCCCC2)CC1. The lowest BCUT2D eigenvalue weighted by Crippen LogP contribution is -2.52. The van der Waals surface area contributed by atoms with Crippen molar-refractivity contribution in [3.63, 3.8) is 0 Å². The molecule has 2 amide bonds. The van der Waals surface area contributed by atoms with Gasteiger partial charge in [0.1, 0.15) is 5.75 Å². The highest BCUT2D eigenvalue weighted by Crippen LogP contribution is 2.24. The van der Waals surface area contributed by atoms with E-state index >= 15 is 0 Å². The van der Waals surface area contributed by atoms with Crippen LogP contribution in [0.3, 0.4) is 0 Å². The molecular formula is C19H29N3O2. The molecule has 1 aliphatic carbocycles. The van der Waals surface area contributed by atoms with Crippen LogP contribution >= 0.6 is 0 Å². The molecule has 5 heteroatoms. The van der Waals surface area contributed by atoms with Gasteiger partial charge in [0.15, 0.2) is 0 Å². The minimum atomic E-state index is -0.00402. The number of urea groups is 1. The lowest BCUT2D eigenvalue weighted by molar-refractivity contribution is 0.119. The molecule has 0 radical (unpaired) electrons. The Morgan fingerprint density at radius 2 is 1.88 bits per heavy atom. The second kappa shape index (κ2) is 8.38. The van der Waals surface area contributed by atoms with Crippen LogP contribution in [0.2, 0.25) is 0 Å². The van der Waals surface area contributed by atoms with E-state index in [1.54, 1.807) is 18.2 Å². The number of piperazine rings is 1. The van der Waals surface area contributed by atoms with Crippen LogP contribution in [0.5, 0.6) is 5.75 Å². The molecule has 24 heavy (non-hydrogen) atoms. The maximum absolute atomic E-state index is 12.3. The number of phenolic OH excluding ortho intramolecular Hbond substituents is 1. The van der Waals surface area contributed by atoms with Crippen molar-refractivity contribution in [2.75, 3.05) is 32.7 Å². The number of phenols is 1. The van der Waals surface area contributed by atoms with Gasteiger partial charge in [0.2, 0.25) is 0 Å². The van der Waals surface area contributed by atoms with E-state index in [0.717, 1.165) is 37.7 Å². The second-order valence-electron chi connectivity index (χ2n) is 7.12. The fraction of sp³-hybridized carbons (Fsp3) is 0.632. The van der Waals surface area contributed by atoms with E-state index in [1.807, 2.05) is 11.0 Å². The first-order chi connectivity index (χ1) is 11.7. The van der Waals surface area contributed by atoms with E-state index in [0.29, 0.717) is 6.54 Å². The number of rotatable bonds is 4. The third kappa shape index (κ3) is 4.87. The van der Waals surface area contributed by atoms with Crippen LogP contribution in [0, 0.1) is 5.92 Å². The summed E-state index contributed by atoms with van der Waals surface area (Å²) < 4.78 is 0. The Balaban J connectivity index is 1.38. The van der Waals surface area contributed by atoms with Gasteiger partial charge < -0.3 is 15.3 Å². The lowest BCUT2D eigenvalue weighted by atomic mass is 9.89. The van der Waals surface area contributed by atoms with Crippen molar-refractivity contribution >= 4 is 6.03 Å². The van der Waals surface area contributed by atoms with Gasteiger partial charge in [-0.15, -0.1) is 0 Å². The summed E-state index contributed by atoms with van der Waals surface area (Å²) in [5.41, 5.74) is 0.916. The number of nitrogens with zero attached hydrogens (tertiary/aromatic N) is 2. The summed E-state index contributed by atoms with van der Waals surface area (Å²) in [5.74, 6) is 1.10. The van der Waals surface area contributed by atoms with Crippen LogP contribution in [0.25, 0.3) is 0 Å². The number of benzene rings is 1. The van der Waals surface area contributed by atoms with Gasteiger partial charge in [0, 0.05) is 39.3 Å². The third-order valence-corrected chi connectivity index (χ3v) is 5.25. The van der Waals surface area contributed by atoms with Crippen LogP contribution in [-0.4, -0.2) is 53.7 Å². The molecule has 0 bridgehead atoms. The first-order valence-electron chi connectivity index (χ1n) is 9.24. The van der Waals surface area contributed by atoms with E-state index < -0.39 is 0 Å². The summed E-state index contributed by atoms with van der Waals surface area (Å²) in [6.07, 6.45) is 6.95. The van der Waals surface area contributed by atoms with E-state index in [-0.39, 0.29) is 11.8 Å². The predicted molar refractivity (Wildman–Crippen MR) is 94.9 cm³/mol. The third-order valence-electron chi connectivity index (χ3n) is 5.25. The zero-order chi connectivity index (χ0) is 16.8. The minimum Gasteiger partial charge on any atom is -0.508 e. The summed E-state index contributed by atoms with van der Waals surface area (Å²) in [5, 5.41) is 12.4. The monoisotopic (exact) mass is 331 g/mol. The Labute approximate surface area is 144 Å². The molecular weight excluding hydrogens is 302 g/mol. The highest BCUT2D eigenvalue weighted by molar-refractivity contribution is 5.74. The zero-order valence-corrected chi connectivity index (χ0v) is 14.4. The minimum absolute atomic E-state index is 0.00402. The van der Waals surface area contributed by atoms with E-state index in [1.165, 1.54) is 38.6 Å². The smallest absolute Gasteiger partial charge is 0.317 e. The highest BCUT2D eigenvalue weighted by Gasteiger charge is 2.23. The Bertz CT molecular complexity index is 535. The number of hydrogen-bond acceptors (Lipinski definition) is 3. The Kier molecular flexibility index (Phi) is 5.96. The average molecular weight is 331 g/mol. The summed E-state index contributed by atoms with van der Waals surface area (Å²) in [6.45, 7) is 5.23. The first-order valence-corrected chi connectivity index (χ1v) is 9.24. The predicted octanol–water partition coefficient (Wildman–Crippen LogP) is 2.80. The van der Waals surface area contributed by atoms with Gasteiger partial charge in [-0.3, -0.25) is 4.90 Å². The van der Waals surface area contributed by atoms with Gasteiger partial charge in [-0.2, -0.15) is 0 Å². The summed E-state index contributed by atoms with van der Waals surface area (Å²) >= 11 is 0. The van der Waals surface area contributed by atoms with Crippen LogP contribution in [0.4, 0.5) is 4.79 Å². The Morgan fingerprint density at radius 1 is 1.12 bits per heavy atom. The van der Waals surface area contributed by atoms with Gasteiger partial charge in [-0.1, -0.05) is 31.4 Å². The fourth-order valence-corrected chi connectivity index (χ4v) is 3.82. The molecule has 1 saturated carbocycles. The summed E-state index contributed by atoms with van der Waals surface area (Å²) in [6, 6.07) is 7.01. The molecule has 1 aromatic rings. The number of nitrogens with one attached hydrogen (secondary N) is 1. The van der Waals surface area contributed by atoms with Crippen molar-refractivity contribution in [3.05, 3.63) is 29.8 Å². The molecule has 1 heterocycles. The molecule has 5 nitrogen and oxygen atoms in total. The largest absolute Gasteiger partial charge is 0.508 e. The van der Waals surface area contributed by atoms with Crippen molar-refractivity contribution in [1.29, 1.82) is 0 Å². The molecule has 3 rings (SSSR count). The van der Waals surface area contributed by atoms with Gasteiger partial charge in [0.05, 0.1) is 0 Å². The van der Waals surface area contributed by atoms with E-state index in [9.17, 15) is 9.90 Å². The van der Waals surface area contributed by atoms with Gasteiger partial charge >= 0.3 is 6.03 Å². The average Bonchev–Trinajstić information content (AvgIpc) is 2.61. The van der Waals surface area contributed by atoms with Crippen LogP contribution < -0.4 is 5.32 Å². The van der Waals surface area contributed by atoms with Crippen molar-refractivity contribution in [2.24, 2.45) is 5.92 Å². The van der Waals surface area contributed by atoms with E-state index in [2.05, 4.69) is 10.2 Å². The molecule has 1 saturated heterocycles. The summed E-state index contributed by atoms with van der Waals surface area (Å²) in [4.78, 5) is 16.7. The molecule has 132 valence electrons. The molecule has 0 unspecified atom stereocenters. The van der Waals surface area contributed by atoms with Crippen LogP contribution in [-0.2, 0) is 6.54 Å². The van der Waals surface area contributed by atoms with Crippen molar-refractivity contribution < 1.29 is 9.90 Å². The Morgan fingerprint density at radius 3 is 2.58 bits per heavy atom. The summed E-state index contributed by atoms with van der Waals surface area (Å²) in [7, 11) is 0. The van der Waals surface area contributed by atoms with Crippen LogP contribution in [0.15, 0.2) is 24.3 Å². The molecule has 0 atom stereocenters. The topological polar surface area (TPSA) is 55.8 Å². The molecule has 1 aromatic carbocycles. The molecule has 2 aliphatic rings. The molecule has 2 fully saturated rings. The van der Waals surface area contributed by atoms with E-state index in [4.69, 9.17) is 0 Å². The van der Waals surface area contributed by atoms with Crippen molar-refractivity contribution in [1.82, 2.24) is 15.1 Å². The normalized spacial score (nSPS) is 20.1. The van der Waals surface area contributed by atoms with Gasteiger partial charge in [-0.25, -0.2) is 4.79 Å². The zero-order valence-electron chi connectivity index (χ0n) is 14.4. The molecule has 1 aliphatic heterocycles. The van der Waals surface area contributed by atoms with Crippen molar-refractivity contribution in [3.8, 4) is 5.75 Å². The van der Waals surface area contributed by atoms with Crippen molar-refractivity contribution in [2.45, 2.75) is 38.6 Å². The standard InChI is InChI=1S/C19H29N3O2/c23-18-8-4-7-17(13-18)14-20-19(24)22-11-9-21(10-12-22)15-16-5-2-1-3-6-16/h4,7-8,13,16,23H,1-3,5-6,9-12,14-15H2,(H,20,24). The first kappa shape index (κ1) is 17.1. The second-order valence-corrected chi connectivity index (χ2v) is 7.12. The maximum atomic E-state index is 12.3. The molecule has 0 aromatic heterocycles. The Hall–Kier alpha value is -1.75. The molecule has 2 N–H and O–H groups in total. The van der Waals surface area contributed by atoms with Crippen LogP contribution in [0.1, 0.15) is 37.7 Å². The fourth-order valence-electron chi connectivity index (χ4n) is 3.82. The molecule has 0 spiro atoms. The van der Waals surface area contributed by atoms with Gasteiger partial charge in [-0.05, 0) is 36.5 Å². The van der Waals surface area contributed by atoms with Gasteiger partial charge in [0.25, 0.3) is 0 Å².